The van der Waals surface area contributed by atoms with Gasteiger partial charge in [0.15, 0.2) is 11.6 Å². The molecule has 16 heteroatoms. The van der Waals surface area contributed by atoms with Crippen molar-refractivity contribution in [1.29, 1.82) is 0 Å². The van der Waals surface area contributed by atoms with E-state index in [1.165, 1.54) is 12.7 Å². The van der Waals surface area contributed by atoms with Gasteiger partial charge in [-0.25, -0.2) is 38.3 Å². The van der Waals surface area contributed by atoms with Gasteiger partial charge in [-0.1, -0.05) is 75.4 Å². The van der Waals surface area contributed by atoms with Crippen molar-refractivity contribution in [3.63, 3.8) is 0 Å². The molecule has 2 aliphatic heterocycles. The third-order valence-electron chi connectivity index (χ3n) is 11.6. The maximum atomic E-state index is 15.3. The average Bonchev–Trinajstić information content (AvgIpc) is 4.00. The van der Waals surface area contributed by atoms with Crippen LogP contribution >= 0.6 is 0 Å². The van der Waals surface area contributed by atoms with Crippen LogP contribution in [-0.4, -0.2) is 95.5 Å². The Morgan fingerprint density at radius 3 is 1.35 bits per heavy atom. The van der Waals surface area contributed by atoms with Crippen LogP contribution in [-0.2, 0) is 9.47 Å². The quantitative estimate of drug-likeness (QED) is 0.123. The van der Waals surface area contributed by atoms with Gasteiger partial charge in [0.1, 0.15) is 51.6 Å². The molecule has 4 aromatic carbocycles. The summed E-state index contributed by atoms with van der Waals surface area (Å²) in [6, 6.07) is 22.4. The van der Waals surface area contributed by atoms with E-state index >= 15 is 8.78 Å². The molecule has 2 fully saturated rings. The molecule has 0 spiro atoms. The molecule has 376 valence electrons. The summed E-state index contributed by atoms with van der Waals surface area (Å²) in [4.78, 5) is 46.1. The molecule has 1 unspecified atom stereocenters. The lowest BCUT2D eigenvalue weighted by Gasteiger charge is -2.24. The first kappa shape index (κ1) is 52.9. The second kappa shape index (κ2) is 21.5. The third kappa shape index (κ3) is 14.2. The molecule has 6 aromatic rings. The fourth-order valence-corrected chi connectivity index (χ4v) is 9.14. The normalized spacial score (nSPS) is 16.0. The number of carbonyl (C=O) groups is 2. The number of amides is 2. The van der Waals surface area contributed by atoms with Crippen LogP contribution in [0.25, 0.3) is 21.8 Å². The van der Waals surface area contributed by atoms with Gasteiger partial charge in [-0.15, -0.1) is 11.1 Å². The van der Waals surface area contributed by atoms with E-state index in [2.05, 4.69) is 92.8 Å². The first-order valence-corrected chi connectivity index (χ1v) is 31.4. The van der Waals surface area contributed by atoms with E-state index < -0.39 is 39.0 Å². The zero-order valence-corrected chi connectivity index (χ0v) is 45.6. The van der Waals surface area contributed by atoms with Crippen LogP contribution in [0.1, 0.15) is 88.5 Å². The molecule has 2 N–H and O–H groups in total. The van der Waals surface area contributed by atoms with Crippen LogP contribution in [0.5, 0.6) is 0 Å². The van der Waals surface area contributed by atoms with Crippen molar-refractivity contribution in [1.82, 2.24) is 29.7 Å². The van der Waals surface area contributed by atoms with Crippen LogP contribution in [0.2, 0.25) is 39.3 Å². The highest BCUT2D eigenvalue weighted by Gasteiger charge is 2.32. The number of carbonyl (C=O) groups excluding carboxylic acids is 2. The Morgan fingerprint density at radius 2 is 0.986 bits per heavy atom. The van der Waals surface area contributed by atoms with E-state index in [0.717, 1.165) is 45.8 Å². The van der Waals surface area contributed by atoms with Crippen molar-refractivity contribution in [2.75, 3.05) is 36.8 Å². The highest BCUT2D eigenvalue weighted by Crippen LogP contribution is 2.35. The van der Waals surface area contributed by atoms with Crippen LogP contribution in [0, 0.1) is 34.6 Å². The molecule has 4 heterocycles. The van der Waals surface area contributed by atoms with Gasteiger partial charge in [0.2, 0.25) is 0 Å². The molecule has 8 rings (SSSR count). The fraction of sp³-hybridized carbons (Fsp3) is 0.393. The lowest BCUT2D eigenvalue weighted by molar-refractivity contribution is 0.0282. The zero-order chi connectivity index (χ0) is 52.2. The molecule has 2 aromatic heterocycles. The Kier molecular flexibility index (Phi) is 15.8. The number of hydrogen-bond acceptors (Lipinski definition) is 10. The van der Waals surface area contributed by atoms with E-state index in [1.54, 1.807) is 46.2 Å². The molecule has 2 atom stereocenters. The molecule has 2 aliphatic rings. The number of hydrogen-bond donors (Lipinski definition) is 2. The predicted molar refractivity (Wildman–Crippen MR) is 289 cm³/mol. The monoisotopic (exact) mass is 1010 g/mol. The Bertz CT molecular complexity index is 2910. The smallest absolute Gasteiger partial charge is 0.410 e. The molecule has 2 saturated heterocycles. The molecular weight excluding hydrogens is 943 g/mol. The number of anilines is 4. The Labute approximate surface area is 424 Å². The Hall–Kier alpha value is -6.89. The minimum Gasteiger partial charge on any atom is -0.444 e. The maximum Gasteiger partial charge on any atom is 0.410 e. The van der Waals surface area contributed by atoms with Crippen molar-refractivity contribution < 1.29 is 27.8 Å². The second-order valence-corrected chi connectivity index (χ2v) is 31.9. The SMILES string of the molecule is CC(C)(C)OC(=O)N1CCC(c2ccc3ncnc(Nc4cccc(C#C[Si](C)(C)C)c4F)c3c2)C1.CC(C)(C)OC(=O)N1CC[C@H](c2ccc3ncnc(Nc4cccc(C#C[Si](C)(C)C)c4F)c3c2)C1. The van der Waals surface area contributed by atoms with Gasteiger partial charge >= 0.3 is 12.2 Å². The van der Waals surface area contributed by atoms with Gasteiger partial charge in [-0.2, -0.15) is 0 Å². The number of rotatable bonds is 6. The first-order chi connectivity index (χ1) is 33.8. The van der Waals surface area contributed by atoms with E-state index in [9.17, 15) is 9.59 Å². The average molecular weight is 1010 g/mol. The van der Waals surface area contributed by atoms with Gasteiger partial charge in [-0.05, 0) is 114 Å². The molecule has 0 bridgehead atoms. The molecule has 0 saturated carbocycles. The number of ether oxygens (including phenoxy) is 2. The molecule has 0 aliphatic carbocycles. The van der Waals surface area contributed by atoms with E-state index in [1.807, 2.05) is 77.9 Å². The summed E-state index contributed by atoms with van der Waals surface area (Å²) >= 11 is 0. The van der Waals surface area contributed by atoms with E-state index in [4.69, 9.17) is 9.47 Å². The number of likely N-dealkylation sites (tertiary alicyclic amines) is 2. The van der Waals surface area contributed by atoms with Crippen molar-refractivity contribution in [3.05, 3.63) is 119 Å². The number of nitrogens with one attached hydrogen (secondary N) is 2. The standard InChI is InChI=1S/2C28H33FN4O2Si/c2*1-28(2,3)35-27(34)33-14-12-21(17-33)20-10-11-23-22(16-20)26(31-18-30-23)32-24-9-7-8-19(25(24)29)13-15-36(4,5)6/h2*7-11,16,18,21H,12,14,17H2,1-6H3,(H,30,31,32)/t21-;/m0./s1. The molecule has 0 radical (unpaired) electrons. The molecule has 72 heavy (non-hydrogen) atoms. The third-order valence-corrected chi connectivity index (χ3v) is 13.3. The minimum atomic E-state index is -1.64. The van der Waals surface area contributed by atoms with Crippen molar-refractivity contribution in [3.8, 4) is 22.9 Å². The van der Waals surface area contributed by atoms with E-state index in [-0.39, 0.29) is 24.0 Å². The number of benzene rings is 4. The van der Waals surface area contributed by atoms with E-state index in [0.29, 0.717) is 60.3 Å². The fourth-order valence-electron chi connectivity index (χ4n) is 8.12. The highest BCUT2D eigenvalue weighted by molar-refractivity contribution is 6.84. The Morgan fingerprint density at radius 1 is 0.597 bits per heavy atom. The van der Waals surface area contributed by atoms with Gasteiger partial charge < -0.3 is 29.9 Å². The molecule has 2 amide bonds. The summed E-state index contributed by atoms with van der Waals surface area (Å²) in [5.41, 5.74) is 10.5. The largest absolute Gasteiger partial charge is 0.444 e. The van der Waals surface area contributed by atoms with Gasteiger partial charge in [0, 0.05) is 48.8 Å². The number of aromatic nitrogens is 4. The van der Waals surface area contributed by atoms with Crippen LogP contribution in [0.4, 0.5) is 41.4 Å². The van der Waals surface area contributed by atoms with Crippen molar-refractivity contribution in [2.24, 2.45) is 0 Å². The predicted octanol–water partition coefficient (Wildman–Crippen LogP) is 12.9. The second-order valence-electron chi connectivity index (χ2n) is 22.4. The van der Waals surface area contributed by atoms with Gasteiger partial charge in [0.05, 0.1) is 33.5 Å². The highest BCUT2D eigenvalue weighted by atomic mass is 28.3. The molecular formula is C56H66F2N8O4Si2. The van der Waals surface area contributed by atoms with Crippen LogP contribution < -0.4 is 10.6 Å². The summed E-state index contributed by atoms with van der Waals surface area (Å²) in [5, 5.41) is 7.90. The summed E-state index contributed by atoms with van der Waals surface area (Å²) in [5.74, 6) is 6.63. The molecule has 12 nitrogen and oxygen atoms in total. The van der Waals surface area contributed by atoms with Crippen LogP contribution in [0.3, 0.4) is 0 Å². The maximum absolute atomic E-state index is 15.3. The zero-order valence-electron chi connectivity index (χ0n) is 43.6. The number of nitrogens with zero attached hydrogens (tertiary/aromatic N) is 6. The van der Waals surface area contributed by atoms with Crippen LogP contribution in [0.15, 0.2) is 85.5 Å². The summed E-state index contributed by atoms with van der Waals surface area (Å²) in [6.45, 7) is 26.4. The number of halogens is 2. The summed E-state index contributed by atoms with van der Waals surface area (Å²) < 4.78 is 41.6. The minimum absolute atomic E-state index is 0.173. The lowest BCUT2D eigenvalue weighted by atomic mass is 9.97. The van der Waals surface area contributed by atoms with Gasteiger partial charge in [0.25, 0.3) is 0 Å². The lowest BCUT2D eigenvalue weighted by Crippen LogP contribution is -2.35. The van der Waals surface area contributed by atoms with Gasteiger partial charge in [-0.3, -0.25) is 0 Å². The van der Waals surface area contributed by atoms with Crippen molar-refractivity contribution in [2.45, 2.75) is 117 Å². The topological polar surface area (TPSA) is 135 Å². The summed E-state index contributed by atoms with van der Waals surface area (Å²) in [7, 11) is -3.27. The Balaban J connectivity index is 0.000000211. The van der Waals surface area contributed by atoms with Crippen molar-refractivity contribution >= 4 is 73.2 Å². The number of fused-ring (bicyclic) bond motifs is 2. The first-order valence-electron chi connectivity index (χ1n) is 24.4. The summed E-state index contributed by atoms with van der Waals surface area (Å²) in [6.07, 6.45) is 4.04.